The van der Waals surface area contributed by atoms with Crippen molar-refractivity contribution < 1.29 is 0 Å². The van der Waals surface area contributed by atoms with E-state index in [4.69, 9.17) is 5.26 Å². The van der Waals surface area contributed by atoms with E-state index < -0.39 is 0 Å². The van der Waals surface area contributed by atoms with Crippen molar-refractivity contribution >= 4 is 0 Å². The van der Waals surface area contributed by atoms with Crippen molar-refractivity contribution in [2.75, 3.05) is 20.6 Å². The van der Waals surface area contributed by atoms with E-state index in [9.17, 15) is 0 Å². The molecule has 1 unspecified atom stereocenters. The summed E-state index contributed by atoms with van der Waals surface area (Å²) < 4.78 is 0. The average Bonchev–Trinajstić information content (AvgIpc) is 2.69. The van der Waals surface area contributed by atoms with Crippen molar-refractivity contribution in [2.45, 2.75) is 50.6 Å². The van der Waals surface area contributed by atoms with Crippen LogP contribution >= 0.6 is 0 Å². The van der Waals surface area contributed by atoms with Crippen molar-refractivity contribution in [2.24, 2.45) is 0 Å². The molecule has 3 heteroatoms. The van der Waals surface area contributed by atoms with Gasteiger partial charge >= 0.3 is 0 Å². The van der Waals surface area contributed by atoms with E-state index in [1.165, 1.54) is 25.7 Å². The molecular weight excluding hydrogens is 186 g/mol. The van der Waals surface area contributed by atoms with Gasteiger partial charge in [-0.2, -0.15) is 5.26 Å². The summed E-state index contributed by atoms with van der Waals surface area (Å²) in [6, 6.07) is 2.32. The van der Waals surface area contributed by atoms with Crippen molar-refractivity contribution in [3.05, 3.63) is 0 Å². The minimum atomic E-state index is 0.0161. The highest BCUT2D eigenvalue weighted by atomic mass is 15.2. The third-order valence-corrected chi connectivity index (χ3v) is 3.72. The van der Waals surface area contributed by atoms with Crippen LogP contribution in [0.3, 0.4) is 0 Å². The van der Waals surface area contributed by atoms with E-state index in [2.05, 4.69) is 37.3 Å². The summed E-state index contributed by atoms with van der Waals surface area (Å²) in [5.41, 5.74) is 0.296. The lowest BCUT2D eigenvalue weighted by atomic mass is 9.95. The van der Waals surface area contributed by atoms with Crippen molar-refractivity contribution in [3.63, 3.8) is 0 Å². The molecule has 3 nitrogen and oxygen atoms in total. The molecule has 15 heavy (non-hydrogen) atoms. The zero-order valence-electron chi connectivity index (χ0n) is 10.2. The average molecular weight is 209 g/mol. The Morgan fingerprint density at radius 1 is 1.40 bits per heavy atom. The molecule has 1 aliphatic carbocycles. The van der Waals surface area contributed by atoms with Crippen LogP contribution in [0.2, 0.25) is 0 Å². The van der Waals surface area contributed by atoms with Gasteiger partial charge in [-0.25, -0.2) is 0 Å². The smallest absolute Gasteiger partial charge is 0.0950 e. The van der Waals surface area contributed by atoms with Crippen LogP contribution in [0.4, 0.5) is 0 Å². The lowest BCUT2D eigenvalue weighted by molar-refractivity contribution is 0.151. The second kappa shape index (κ2) is 5.48. The lowest BCUT2D eigenvalue weighted by Gasteiger charge is -2.37. The number of likely N-dealkylation sites (N-methyl/N-ethyl adjacent to an activating group) is 1. The van der Waals surface area contributed by atoms with Crippen LogP contribution in [0.5, 0.6) is 0 Å². The van der Waals surface area contributed by atoms with Crippen LogP contribution in [-0.4, -0.2) is 37.1 Å². The van der Waals surface area contributed by atoms with E-state index >= 15 is 0 Å². The van der Waals surface area contributed by atoms with Gasteiger partial charge < -0.3 is 10.2 Å². The fraction of sp³-hybridized carbons (Fsp3) is 0.917. The van der Waals surface area contributed by atoms with Crippen molar-refractivity contribution in [3.8, 4) is 6.07 Å². The van der Waals surface area contributed by atoms with Crippen LogP contribution < -0.4 is 5.32 Å². The summed E-state index contributed by atoms with van der Waals surface area (Å²) in [6.07, 6.45) is 6.05. The Bertz CT molecular complexity index is 224. The number of nitrogens with zero attached hydrogens (tertiary/aromatic N) is 2. The molecule has 0 saturated heterocycles. The third kappa shape index (κ3) is 2.93. The maximum absolute atomic E-state index is 8.90. The van der Waals surface area contributed by atoms with E-state index in [1.807, 2.05) is 0 Å². The van der Waals surface area contributed by atoms with Crippen LogP contribution in [0.15, 0.2) is 0 Å². The summed E-state index contributed by atoms with van der Waals surface area (Å²) in [5, 5.41) is 12.3. The van der Waals surface area contributed by atoms with Crippen molar-refractivity contribution in [1.29, 1.82) is 5.26 Å². The first-order valence-electron chi connectivity index (χ1n) is 5.95. The predicted octanol–water partition coefficient (Wildman–Crippen LogP) is 1.75. The van der Waals surface area contributed by atoms with Crippen LogP contribution in [-0.2, 0) is 0 Å². The van der Waals surface area contributed by atoms with Gasteiger partial charge in [0.25, 0.3) is 0 Å². The van der Waals surface area contributed by atoms with Gasteiger partial charge in [0.05, 0.1) is 12.1 Å². The molecule has 1 rings (SSSR count). The Hall–Kier alpha value is -0.590. The standard InChI is InChI=1S/C12H23N3/c1-4-11(9-13)14-10-12(15(2)3)7-5-6-8-12/h11,14H,4-8,10H2,1-3H3. The van der Waals surface area contributed by atoms with E-state index in [0.29, 0.717) is 5.54 Å². The quantitative estimate of drug-likeness (QED) is 0.750. The second-order valence-corrected chi connectivity index (χ2v) is 4.80. The van der Waals surface area contributed by atoms with Crippen molar-refractivity contribution in [1.82, 2.24) is 10.2 Å². The number of hydrogen-bond acceptors (Lipinski definition) is 3. The van der Waals surface area contributed by atoms with Crippen LogP contribution in [0.25, 0.3) is 0 Å². The molecule has 0 aromatic heterocycles. The molecule has 1 saturated carbocycles. The zero-order chi connectivity index (χ0) is 11.3. The van der Waals surface area contributed by atoms with E-state index in [0.717, 1.165) is 13.0 Å². The Kier molecular flexibility index (Phi) is 4.56. The molecule has 1 atom stereocenters. The number of rotatable bonds is 5. The molecule has 0 radical (unpaired) electrons. The maximum atomic E-state index is 8.90. The van der Waals surface area contributed by atoms with Crippen LogP contribution in [0, 0.1) is 11.3 Å². The Morgan fingerprint density at radius 3 is 2.40 bits per heavy atom. The third-order valence-electron chi connectivity index (χ3n) is 3.72. The molecule has 1 fully saturated rings. The molecular formula is C12H23N3. The molecule has 0 bridgehead atoms. The maximum Gasteiger partial charge on any atom is 0.0950 e. The minimum absolute atomic E-state index is 0.0161. The van der Waals surface area contributed by atoms with Gasteiger partial charge in [0, 0.05) is 12.1 Å². The van der Waals surface area contributed by atoms with Gasteiger partial charge in [0.1, 0.15) is 0 Å². The molecule has 0 spiro atoms. The zero-order valence-corrected chi connectivity index (χ0v) is 10.2. The Balaban J connectivity index is 2.50. The fourth-order valence-electron chi connectivity index (χ4n) is 2.41. The summed E-state index contributed by atoms with van der Waals surface area (Å²) >= 11 is 0. The Labute approximate surface area is 93.5 Å². The lowest BCUT2D eigenvalue weighted by Crippen LogP contribution is -2.51. The summed E-state index contributed by atoms with van der Waals surface area (Å²) in [7, 11) is 4.31. The minimum Gasteiger partial charge on any atom is -0.302 e. The van der Waals surface area contributed by atoms with Gasteiger partial charge in [-0.15, -0.1) is 0 Å². The molecule has 86 valence electrons. The van der Waals surface area contributed by atoms with Gasteiger partial charge in [0.15, 0.2) is 0 Å². The van der Waals surface area contributed by atoms with E-state index in [-0.39, 0.29) is 6.04 Å². The first kappa shape index (κ1) is 12.5. The highest BCUT2D eigenvalue weighted by molar-refractivity contribution is 4.98. The molecule has 1 aliphatic rings. The topological polar surface area (TPSA) is 39.1 Å². The van der Waals surface area contributed by atoms with Gasteiger partial charge in [-0.1, -0.05) is 19.8 Å². The normalized spacial score (nSPS) is 21.5. The van der Waals surface area contributed by atoms with E-state index in [1.54, 1.807) is 0 Å². The summed E-state index contributed by atoms with van der Waals surface area (Å²) in [5.74, 6) is 0. The molecule has 0 aromatic rings. The highest BCUT2D eigenvalue weighted by Gasteiger charge is 2.35. The second-order valence-electron chi connectivity index (χ2n) is 4.80. The summed E-state index contributed by atoms with van der Waals surface area (Å²) in [6.45, 7) is 3.00. The molecule has 0 aliphatic heterocycles. The van der Waals surface area contributed by atoms with Gasteiger partial charge in [-0.3, -0.25) is 0 Å². The molecule has 0 amide bonds. The highest BCUT2D eigenvalue weighted by Crippen LogP contribution is 2.33. The number of nitriles is 1. The van der Waals surface area contributed by atoms with Gasteiger partial charge in [0.2, 0.25) is 0 Å². The van der Waals surface area contributed by atoms with Gasteiger partial charge in [-0.05, 0) is 33.4 Å². The molecule has 0 aromatic carbocycles. The first-order valence-corrected chi connectivity index (χ1v) is 5.95. The van der Waals surface area contributed by atoms with Crippen LogP contribution in [0.1, 0.15) is 39.0 Å². The Morgan fingerprint density at radius 2 is 2.00 bits per heavy atom. The number of nitrogens with one attached hydrogen (secondary N) is 1. The summed E-state index contributed by atoms with van der Waals surface area (Å²) in [4.78, 5) is 2.33. The molecule has 1 N–H and O–H groups in total. The first-order chi connectivity index (χ1) is 7.14. The predicted molar refractivity (Wildman–Crippen MR) is 62.6 cm³/mol. The monoisotopic (exact) mass is 209 g/mol. The number of hydrogen-bond donors (Lipinski definition) is 1. The SMILES string of the molecule is CCC(C#N)NCC1(N(C)C)CCCC1. The largest absolute Gasteiger partial charge is 0.302 e. The molecule has 0 heterocycles. The fourth-order valence-corrected chi connectivity index (χ4v) is 2.41.